The number of rotatable bonds is 3. The van der Waals surface area contributed by atoms with Crippen LogP contribution in [0.1, 0.15) is 18.6 Å². The summed E-state index contributed by atoms with van der Waals surface area (Å²) in [5, 5.41) is 9.30. The third-order valence-corrected chi connectivity index (χ3v) is 2.30. The van der Waals surface area contributed by atoms with Gasteiger partial charge in [0.25, 0.3) is 0 Å². The van der Waals surface area contributed by atoms with E-state index in [0.29, 0.717) is 5.56 Å². The maximum absolute atomic E-state index is 12.9. The maximum Gasteiger partial charge on any atom is 0.219 e. The van der Waals surface area contributed by atoms with E-state index in [-0.39, 0.29) is 11.6 Å². The maximum atomic E-state index is 12.9. The van der Waals surface area contributed by atoms with Gasteiger partial charge in [0.15, 0.2) is 0 Å². The second-order valence-corrected chi connectivity index (χ2v) is 3.81. The Morgan fingerprint density at radius 2 is 1.83 bits per heavy atom. The van der Waals surface area contributed by atoms with Crippen molar-refractivity contribution in [3.63, 3.8) is 0 Å². The minimum Gasteiger partial charge on any atom is -0.439 e. The molecule has 0 aliphatic rings. The van der Waals surface area contributed by atoms with E-state index in [1.807, 2.05) is 0 Å². The molecule has 0 saturated heterocycles. The lowest BCUT2D eigenvalue weighted by Gasteiger charge is -2.07. The Bertz CT molecular complexity index is 521. The van der Waals surface area contributed by atoms with Gasteiger partial charge in [0, 0.05) is 30.5 Å². The molecular weight excluding hydrogens is 240 g/mol. The zero-order valence-corrected chi connectivity index (χ0v) is 9.60. The Morgan fingerprint density at radius 1 is 1.17 bits per heavy atom. The van der Waals surface area contributed by atoms with Gasteiger partial charge in [-0.2, -0.15) is 0 Å². The predicted octanol–water partition coefficient (Wildman–Crippen LogP) is 3.21. The summed E-state index contributed by atoms with van der Waals surface area (Å²) in [7, 11) is 0. The number of aliphatic hydroxyl groups is 1. The molecule has 0 spiro atoms. The number of halogens is 2. The zero-order chi connectivity index (χ0) is 13.1. The van der Waals surface area contributed by atoms with Crippen LogP contribution in [0, 0.1) is 11.6 Å². The van der Waals surface area contributed by atoms with Gasteiger partial charge in [-0.25, -0.2) is 13.8 Å². The van der Waals surface area contributed by atoms with Gasteiger partial charge in [-0.05, 0) is 18.6 Å². The highest BCUT2D eigenvalue weighted by Crippen LogP contribution is 2.22. The summed E-state index contributed by atoms with van der Waals surface area (Å²) in [6, 6.07) is 6.03. The first kappa shape index (κ1) is 12.4. The van der Waals surface area contributed by atoms with Gasteiger partial charge < -0.3 is 9.84 Å². The van der Waals surface area contributed by atoms with Crippen molar-refractivity contribution in [2.75, 3.05) is 0 Å². The van der Waals surface area contributed by atoms with Crippen molar-refractivity contribution in [2.45, 2.75) is 13.0 Å². The van der Waals surface area contributed by atoms with Gasteiger partial charge in [0.2, 0.25) is 5.88 Å². The predicted molar refractivity (Wildman–Crippen MR) is 61.3 cm³/mol. The first-order valence-corrected chi connectivity index (χ1v) is 5.32. The summed E-state index contributed by atoms with van der Waals surface area (Å²) in [6.07, 6.45) is 0.813. The van der Waals surface area contributed by atoms with Crippen LogP contribution in [-0.4, -0.2) is 10.1 Å². The molecule has 1 heterocycles. The summed E-state index contributed by atoms with van der Waals surface area (Å²) in [5.74, 6) is -1.20. The number of benzene rings is 1. The summed E-state index contributed by atoms with van der Waals surface area (Å²) in [4.78, 5) is 3.93. The van der Waals surface area contributed by atoms with Crippen LogP contribution in [0.25, 0.3) is 0 Å². The molecule has 2 rings (SSSR count). The summed E-state index contributed by atoms with van der Waals surface area (Å²) in [6.45, 7) is 1.61. The molecule has 0 bridgehead atoms. The summed E-state index contributed by atoms with van der Waals surface area (Å²) in [5.41, 5.74) is 0.632. The van der Waals surface area contributed by atoms with E-state index in [1.54, 1.807) is 13.0 Å². The summed E-state index contributed by atoms with van der Waals surface area (Å²) < 4.78 is 31.1. The number of hydrogen-bond acceptors (Lipinski definition) is 3. The van der Waals surface area contributed by atoms with Crippen molar-refractivity contribution < 1.29 is 18.6 Å². The van der Waals surface area contributed by atoms with Gasteiger partial charge >= 0.3 is 0 Å². The molecule has 1 unspecified atom stereocenters. The van der Waals surface area contributed by atoms with Crippen LogP contribution in [0.2, 0.25) is 0 Å². The molecule has 0 fully saturated rings. The first-order chi connectivity index (χ1) is 8.54. The lowest BCUT2D eigenvalue weighted by atomic mass is 10.2. The number of hydrogen-bond donors (Lipinski definition) is 1. The number of nitrogens with zero attached hydrogens (tertiary/aromatic N) is 1. The minimum atomic E-state index is -0.717. The molecule has 0 saturated carbocycles. The second-order valence-electron chi connectivity index (χ2n) is 3.81. The quantitative estimate of drug-likeness (QED) is 0.910. The molecule has 18 heavy (non-hydrogen) atoms. The van der Waals surface area contributed by atoms with Gasteiger partial charge in [0.1, 0.15) is 17.4 Å². The van der Waals surface area contributed by atoms with Crippen molar-refractivity contribution in [1.82, 2.24) is 4.98 Å². The highest BCUT2D eigenvalue weighted by molar-refractivity contribution is 5.29. The molecule has 0 aliphatic heterocycles. The monoisotopic (exact) mass is 251 g/mol. The summed E-state index contributed by atoms with van der Waals surface area (Å²) >= 11 is 0. The standard InChI is InChI=1S/C13H11F2NO2/c1-8(17)9-2-3-13(16-7-9)18-12-5-10(14)4-11(15)6-12/h2-8,17H,1H3. The molecule has 0 amide bonds. The fourth-order valence-corrected chi connectivity index (χ4v) is 1.41. The second kappa shape index (κ2) is 5.10. The van der Waals surface area contributed by atoms with Crippen LogP contribution < -0.4 is 4.74 Å². The van der Waals surface area contributed by atoms with Crippen LogP contribution in [0.5, 0.6) is 11.6 Å². The average molecular weight is 251 g/mol. The third kappa shape index (κ3) is 3.01. The van der Waals surface area contributed by atoms with E-state index in [4.69, 9.17) is 4.74 Å². The van der Waals surface area contributed by atoms with Crippen LogP contribution in [0.4, 0.5) is 8.78 Å². The molecule has 1 aromatic carbocycles. The van der Waals surface area contributed by atoms with Crippen LogP contribution in [-0.2, 0) is 0 Å². The van der Waals surface area contributed by atoms with Crippen molar-refractivity contribution in [3.8, 4) is 11.6 Å². The Labute approximate surface area is 103 Å². The highest BCUT2D eigenvalue weighted by atomic mass is 19.1. The van der Waals surface area contributed by atoms with Crippen molar-refractivity contribution in [3.05, 3.63) is 53.7 Å². The van der Waals surface area contributed by atoms with Crippen molar-refractivity contribution in [2.24, 2.45) is 0 Å². The molecule has 2 aromatic rings. The number of aliphatic hydroxyl groups excluding tert-OH is 1. The van der Waals surface area contributed by atoms with Gasteiger partial charge in [-0.3, -0.25) is 0 Å². The van der Waals surface area contributed by atoms with E-state index in [9.17, 15) is 13.9 Å². The highest BCUT2D eigenvalue weighted by Gasteiger charge is 2.05. The molecule has 94 valence electrons. The van der Waals surface area contributed by atoms with E-state index in [2.05, 4.69) is 4.98 Å². The molecule has 1 N–H and O–H groups in total. The van der Waals surface area contributed by atoms with Crippen molar-refractivity contribution >= 4 is 0 Å². The Kier molecular flexibility index (Phi) is 3.53. The molecule has 1 aromatic heterocycles. The SMILES string of the molecule is CC(O)c1ccc(Oc2cc(F)cc(F)c2)nc1. The van der Waals surface area contributed by atoms with Gasteiger partial charge in [0.05, 0.1) is 6.10 Å². The molecule has 0 radical (unpaired) electrons. The van der Waals surface area contributed by atoms with Crippen LogP contribution >= 0.6 is 0 Å². The van der Waals surface area contributed by atoms with Crippen LogP contribution in [0.15, 0.2) is 36.5 Å². The molecule has 3 nitrogen and oxygen atoms in total. The Balaban J connectivity index is 2.18. The fraction of sp³-hybridized carbons (Fsp3) is 0.154. The smallest absolute Gasteiger partial charge is 0.219 e. The van der Waals surface area contributed by atoms with E-state index >= 15 is 0 Å². The minimum absolute atomic E-state index is 0.0322. The third-order valence-electron chi connectivity index (χ3n) is 2.30. The number of ether oxygens (including phenoxy) is 1. The topological polar surface area (TPSA) is 42.4 Å². The van der Waals surface area contributed by atoms with E-state index in [1.165, 1.54) is 12.3 Å². The van der Waals surface area contributed by atoms with Crippen molar-refractivity contribution in [1.29, 1.82) is 0 Å². The Morgan fingerprint density at radius 3 is 2.33 bits per heavy atom. The average Bonchev–Trinajstić information content (AvgIpc) is 2.28. The number of pyridine rings is 1. The Hall–Kier alpha value is -2.01. The van der Waals surface area contributed by atoms with Crippen LogP contribution in [0.3, 0.4) is 0 Å². The van der Waals surface area contributed by atoms with Gasteiger partial charge in [-0.15, -0.1) is 0 Å². The molecule has 0 aliphatic carbocycles. The zero-order valence-electron chi connectivity index (χ0n) is 9.60. The number of aromatic nitrogens is 1. The largest absolute Gasteiger partial charge is 0.439 e. The van der Waals surface area contributed by atoms with Gasteiger partial charge in [-0.1, -0.05) is 0 Å². The molecule has 5 heteroatoms. The van der Waals surface area contributed by atoms with E-state index < -0.39 is 17.7 Å². The first-order valence-electron chi connectivity index (χ1n) is 5.32. The lowest BCUT2D eigenvalue weighted by molar-refractivity contribution is 0.198. The molecule has 1 atom stereocenters. The van der Waals surface area contributed by atoms with E-state index in [0.717, 1.165) is 18.2 Å². The normalized spacial score (nSPS) is 12.2. The molecular formula is C13H11F2NO2. The lowest BCUT2D eigenvalue weighted by Crippen LogP contribution is -1.94. The fourth-order valence-electron chi connectivity index (χ4n) is 1.41.